The number of aromatic nitrogens is 3. The van der Waals surface area contributed by atoms with E-state index in [4.69, 9.17) is 9.88 Å². The molecule has 0 spiro atoms. The van der Waals surface area contributed by atoms with Crippen LogP contribution in [0.2, 0.25) is 0 Å². The first kappa shape index (κ1) is 14.5. The minimum Gasteiger partial charge on any atom is -0.487 e. The van der Waals surface area contributed by atoms with Gasteiger partial charge in [0.05, 0.1) is 11.1 Å². The van der Waals surface area contributed by atoms with E-state index in [0.717, 1.165) is 0 Å². The molecule has 0 amide bonds. The second kappa shape index (κ2) is 5.22. The molecule has 1 aromatic carbocycles. The van der Waals surface area contributed by atoms with Crippen LogP contribution in [0.3, 0.4) is 0 Å². The molecule has 0 saturated carbocycles. The topological polar surface area (TPSA) is 100 Å². The van der Waals surface area contributed by atoms with E-state index in [-0.39, 0.29) is 11.5 Å². The van der Waals surface area contributed by atoms with Gasteiger partial charge in [-0.15, -0.1) is 5.10 Å². The summed E-state index contributed by atoms with van der Waals surface area (Å²) in [5.74, 6) is 0.628. The van der Waals surface area contributed by atoms with Gasteiger partial charge in [0.1, 0.15) is 18.1 Å². The maximum Gasteiger partial charge on any atom is 0.238 e. The van der Waals surface area contributed by atoms with E-state index in [2.05, 4.69) is 10.3 Å². The molecule has 0 saturated heterocycles. The summed E-state index contributed by atoms with van der Waals surface area (Å²) in [6, 6.07) is 2.99. The van der Waals surface area contributed by atoms with Crippen molar-refractivity contribution in [3.05, 3.63) is 35.2 Å². The molecular formula is C12H16N4O3S. The highest BCUT2D eigenvalue weighted by Crippen LogP contribution is 2.27. The van der Waals surface area contributed by atoms with Crippen molar-refractivity contribution < 1.29 is 13.2 Å². The van der Waals surface area contributed by atoms with Crippen molar-refractivity contribution in [3.8, 4) is 5.75 Å². The van der Waals surface area contributed by atoms with Gasteiger partial charge in [0, 0.05) is 7.05 Å². The van der Waals surface area contributed by atoms with Gasteiger partial charge < -0.3 is 4.74 Å². The third-order valence-electron chi connectivity index (χ3n) is 2.78. The zero-order chi connectivity index (χ0) is 14.9. The van der Waals surface area contributed by atoms with Crippen molar-refractivity contribution in [2.45, 2.75) is 25.3 Å². The molecule has 1 aromatic heterocycles. The third kappa shape index (κ3) is 3.14. The fraction of sp³-hybridized carbons (Fsp3) is 0.333. The van der Waals surface area contributed by atoms with Gasteiger partial charge in [-0.3, -0.25) is 4.68 Å². The first-order valence-corrected chi connectivity index (χ1v) is 7.44. The zero-order valence-electron chi connectivity index (χ0n) is 11.5. The first-order valence-electron chi connectivity index (χ1n) is 5.89. The number of hydrogen-bond acceptors (Lipinski definition) is 5. The molecule has 0 fully saturated rings. The van der Waals surface area contributed by atoms with Crippen LogP contribution in [-0.4, -0.2) is 23.4 Å². The number of benzene rings is 1. The Hall–Kier alpha value is -1.93. The van der Waals surface area contributed by atoms with E-state index in [0.29, 0.717) is 22.6 Å². The standard InChI is InChI=1S/C12H16N4O3S/c1-8-4-11(20(13,17)18)5-9(2)12(8)19-7-10-6-16(3)15-14-10/h4-6H,7H2,1-3H3,(H2,13,17,18). The molecule has 2 N–H and O–H groups in total. The normalized spacial score (nSPS) is 11.6. The molecule has 0 aliphatic carbocycles. The van der Waals surface area contributed by atoms with Crippen LogP contribution in [0.4, 0.5) is 0 Å². The van der Waals surface area contributed by atoms with Gasteiger partial charge in [-0.25, -0.2) is 13.6 Å². The first-order chi connectivity index (χ1) is 9.27. The molecule has 0 aliphatic rings. The summed E-state index contributed by atoms with van der Waals surface area (Å²) in [5, 5.41) is 12.9. The number of nitrogens with two attached hydrogens (primary N) is 1. The van der Waals surface area contributed by atoms with Crippen LogP contribution >= 0.6 is 0 Å². The quantitative estimate of drug-likeness (QED) is 0.893. The van der Waals surface area contributed by atoms with Crippen LogP contribution in [0, 0.1) is 13.8 Å². The number of aryl methyl sites for hydroxylation is 3. The number of ether oxygens (including phenoxy) is 1. The maximum atomic E-state index is 11.3. The predicted octanol–water partition coefficient (Wildman–Crippen LogP) is 0.658. The van der Waals surface area contributed by atoms with Crippen LogP contribution in [0.25, 0.3) is 0 Å². The second-order valence-electron chi connectivity index (χ2n) is 4.60. The second-order valence-corrected chi connectivity index (χ2v) is 6.16. The van der Waals surface area contributed by atoms with Crippen LogP contribution < -0.4 is 9.88 Å². The van der Waals surface area contributed by atoms with Gasteiger partial charge in [0.15, 0.2) is 0 Å². The van der Waals surface area contributed by atoms with Gasteiger partial charge in [-0.1, -0.05) is 5.21 Å². The van der Waals surface area contributed by atoms with Crippen molar-refractivity contribution in [1.82, 2.24) is 15.0 Å². The maximum absolute atomic E-state index is 11.3. The SMILES string of the molecule is Cc1cc(S(N)(=O)=O)cc(C)c1OCc1cn(C)nn1. The van der Waals surface area contributed by atoms with Crippen LogP contribution in [0.5, 0.6) is 5.75 Å². The van der Waals surface area contributed by atoms with E-state index in [1.165, 1.54) is 12.1 Å². The summed E-state index contributed by atoms with van der Waals surface area (Å²) in [6.45, 7) is 3.81. The van der Waals surface area contributed by atoms with Gasteiger partial charge >= 0.3 is 0 Å². The Bertz CT molecular complexity index is 714. The summed E-state index contributed by atoms with van der Waals surface area (Å²) in [7, 11) is -1.94. The Morgan fingerprint density at radius 2 is 1.90 bits per heavy atom. The van der Waals surface area contributed by atoms with Crippen molar-refractivity contribution in [2.24, 2.45) is 12.2 Å². The molecule has 108 valence electrons. The summed E-state index contributed by atoms with van der Waals surface area (Å²) < 4.78 is 30.0. The van der Waals surface area contributed by atoms with E-state index >= 15 is 0 Å². The molecule has 2 aromatic rings. The van der Waals surface area contributed by atoms with Crippen molar-refractivity contribution in [1.29, 1.82) is 0 Å². The molecule has 20 heavy (non-hydrogen) atoms. The highest BCUT2D eigenvalue weighted by atomic mass is 32.2. The molecule has 0 aliphatic heterocycles. The third-order valence-corrected chi connectivity index (χ3v) is 3.67. The lowest BCUT2D eigenvalue weighted by atomic mass is 10.1. The Labute approximate surface area is 117 Å². The van der Waals surface area contributed by atoms with Crippen molar-refractivity contribution >= 4 is 10.0 Å². The lowest BCUT2D eigenvalue weighted by Crippen LogP contribution is -2.13. The summed E-state index contributed by atoms with van der Waals surface area (Å²) in [5.41, 5.74) is 2.11. The number of primary sulfonamides is 1. The van der Waals surface area contributed by atoms with Gasteiger partial charge in [0.25, 0.3) is 0 Å². The summed E-state index contributed by atoms with van der Waals surface area (Å²) in [6.07, 6.45) is 1.75. The van der Waals surface area contributed by atoms with Gasteiger partial charge in [0.2, 0.25) is 10.0 Å². The van der Waals surface area contributed by atoms with Gasteiger partial charge in [-0.05, 0) is 37.1 Å². The minimum absolute atomic E-state index is 0.0827. The van der Waals surface area contributed by atoms with Crippen LogP contribution in [0.1, 0.15) is 16.8 Å². The van der Waals surface area contributed by atoms with E-state index in [1.807, 2.05) is 0 Å². The largest absolute Gasteiger partial charge is 0.487 e. The fourth-order valence-corrected chi connectivity index (χ4v) is 2.59. The smallest absolute Gasteiger partial charge is 0.238 e. The number of sulfonamides is 1. The Morgan fingerprint density at radius 1 is 1.30 bits per heavy atom. The van der Waals surface area contributed by atoms with Crippen molar-refractivity contribution in [2.75, 3.05) is 0 Å². The highest BCUT2D eigenvalue weighted by Gasteiger charge is 2.13. The Kier molecular flexibility index (Phi) is 3.78. The molecule has 1 heterocycles. The van der Waals surface area contributed by atoms with E-state index in [1.54, 1.807) is 31.8 Å². The predicted molar refractivity (Wildman–Crippen MR) is 72.6 cm³/mol. The summed E-state index contributed by atoms with van der Waals surface area (Å²) in [4.78, 5) is 0.0827. The molecule has 0 atom stereocenters. The Balaban J connectivity index is 2.25. The molecule has 0 bridgehead atoms. The molecular weight excluding hydrogens is 280 g/mol. The lowest BCUT2D eigenvalue weighted by molar-refractivity contribution is 0.296. The number of hydrogen-bond donors (Lipinski definition) is 1. The van der Waals surface area contributed by atoms with E-state index in [9.17, 15) is 8.42 Å². The molecule has 7 nitrogen and oxygen atoms in total. The van der Waals surface area contributed by atoms with E-state index < -0.39 is 10.0 Å². The minimum atomic E-state index is -3.71. The zero-order valence-corrected chi connectivity index (χ0v) is 12.3. The average molecular weight is 296 g/mol. The number of rotatable bonds is 4. The monoisotopic (exact) mass is 296 g/mol. The summed E-state index contributed by atoms with van der Waals surface area (Å²) >= 11 is 0. The highest BCUT2D eigenvalue weighted by molar-refractivity contribution is 7.89. The fourth-order valence-electron chi connectivity index (χ4n) is 1.91. The number of nitrogens with zero attached hydrogens (tertiary/aromatic N) is 3. The average Bonchev–Trinajstić information content (AvgIpc) is 2.72. The lowest BCUT2D eigenvalue weighted by Gasteiger charge is -2.12. The molecule has 0 radical (unpaired) electrons. The van der Waals surface area contributed by atoms with Crippen molar-refractivity contribution in [3.63, 3.8) is 0 Å². The van der Waals surface area contributed by atoms with Crippen LogP contribution in [-0.2, 0) is 23.7 Å². The molecule has 0 unspecified atom stereocenters. The van der Waals surface area contributed by atoms with Gasteiger partial charge in [-0.2, -0.15) is 0 Å². The Morgan fingerprint density at radius 3 is 2.35 bits per heavy atom. The van der Waals surface area contributed by atoms with Crippen LogP contribution in [0.15, 0.2) is 23.2 Å². The molecule has 2 rings (SSSR count). The molecule has 8 heteroatoms.